The van der Waals surface area contributed by atoms with Crippen molar-refractivity contribution in [2.24, 2.45) is 0 Å². The normalized spacial score (nSPS) is 11.1. The first-order chi connectivity index (χ1) is 9.11. The molecule has 6 heteroatoms. The summed E-state index contributed by atoms with van der Waals surface area (Å²) in [4.78, 5) is 4.26. The first-order valence-corrected chi connectivity index (χ1v) is 6.63. The van der Waals surface area contributed by atoms with Crippen LogP contribution in [-0.4, -0.2) is 15.2 Å². The van der Waals surface area contributed by atoms with E-state index in [9.17, 15) is 8.78 Å². The van der Waals surface area contributed by atoms with E-state index in [1.54, 1.807) is 6.20 Å². The summed E-state index contributed by atoms with van der Waals surface area (Å²) in [7, 11) is 0. The Morgan fingerprint density at radius 3 is 2.58 bits per heavy atom. The second-order valence-corrected chi connectivity index (χ2v) is 5.21. The molecule has 19 heavy (non-hydrogen) atoms. The minimum atomic E-state index is -0.575. The molecule has 0 saturated heterocycles. The molecular weight excluding hydrogens is 363 g/mol. The van der Waals surface area contributed by atoms with Gasteiger partial charge in [-0.15, -0.1) is 0 Å². The number of H-pyrrole nitrogens is 1. The molecule has 0 aliphatic carbocycles. The number of pyridine rings is 1. The third kappa shape index (κ3) is 2.58. The van der Waals surface area contributed by atoms with Crippen molar-refractivity contribution >= 4 is 33.5 Å². The van der Waals surface area contributed by atoms with E-state index in [4.69, 9.17) is 0 Å². The average Bonchev–Trinajstić information content (AvgIpc) is 2.70. The van der Waals surface area contributed by atoms with Crippen LogP contribution in [0.4, 0.5) is 8.78 Å². The molecule has 0 unspecified atom stereocenters. The van der Waals surface area contributed by atoms with Gasteiger partial charge < -0.3 is 0 Å². The molecular formula is C13H8F2IN3. The smallest absolute Gasteiger partial charge is 0.131 e. The number of nitrogens with one attached hydrogen (secondary N) is 1. The van der Waals surface area contributed by atoms with Crippen LogP contribution in [0.25, 0.3) is 10.9 Å². The molecule has 0 spiro atoms. The Hall–Kier alpha value is -1.57. The van der Waals surface area contributed by atoms with Gasteiger partial charge in [-0.1, -0.05) is 0 Å². The molecule has 0 atom stereocenters. The Balaban J connectivity index is 1.98. The molecule has 0 aliphatic heterocycles. The van der Waals surface area contributed by atoms with Crippen molar-refractivity contribution in [1.29, 1.82) is 0 Å². The van der Waals surface area contributed by atoms with Gasteiger partial charge in [-0.05, 0) is 46.4 Å². The highest BCUT2D eigenvalue weighted by atomic mass is 127. The van der Waals surface area contributed by atoms with E-state index in [1.807, 2.05) is 6.07 Å². The van der Waals surface area contributed by atoms with Crippen LogP contribution in [0.15, 0.2) is 30.5 Å². The second-order valence-electron chi connectivity index (χ2n) is 4.19. The summed E-state index contributed by atoms with van der Waals surface area (Å²) in [6, 6.07) is 5.37. The van der Waals surface area contributed by atoms with Crippen molar-refractivity contribution in [3.05, 3.63) is 57.1 Å². The molecule has 0 aliphatic rings. The summed E-state index contributed by atoms with van der Waals surface area (Å²) in [5.74, 6) is -1.15. The van der Waals surface area contributed by atoms with Gasteiger partial charge >= 0.3 is 0 Å². The van der Waals surface area contributed by atoms with E-state index in [2.05, 4.69) is 37.8 Å². The lowest BCUT2D eigenvalue weighted by atomic mass is 10.1. The summed E-state index contributed by atoms with van der Waals surface area (Å²) in [5, 5.41) is 7.89. The zero-order valence-electron chi connectivity index (χ0n) is 9.62. The molecule has 3 rings (SSSR count). The van der Waals surface area contributed by atoms with E-state index in [1.165, 1.54) is 12.1 Å². The predicted octanol–water partition coefficient (Wildman–Crippen LogP) is 3.43. The molecule has 0 saturated carbocycles. The molecule has 0 amide bonds. The summed E-state index contributed by atoms with van der Waals surface area (Å²) in [5.41, 5.74) is 2.15. The zero-order valence-corrected chi connectivity index (χ0v) is 11.8. The van der Waals surface area contributed by atoms with E-state index in [-0.39, 0.29) is 0 Å². The number of benzene rings is 1. The maximum Gasteiger partial charge on any atom is 0.131 e. The van der Waals surface area contributed by atoms with Gasteiger partial charge in [0.15, 0.2) is 0 Å². The molecule has 96 valence electrons. The number of aromatic amines is 1. The topological polar surface area (TPSA) is 41.6 Å². The Bertz CT molecular complexity index is 734. The molecule has 3 nitrogen and oxygen atoms in total. The lowest BCUT2D eigenvalue weighted by Gasteiger charge is -2.02. The standard InChI is InChI=1S/C13H8F2IN3/c14-8-1-7(2-9(15)4-8)3-10-5-11-12(6-17-10)18-19-13(11)16/h1-2,4-6H,3H2,(H,18,19). The van der Waals surface area contributed by atoms with E-state index >= 15 is 0 Å². The summed E-state index contributed by atoms with van der Waals surface area (Å²) in [6.45, 7) is 0. The van der Waals surface area contributed by atoms with E-state index in [0.717, 1.165) is 26.4 Å². The summed E-state index contributed by atoms with van der Waals surface area (Å²) in [6.07, 6.45) is 2.06. The molecule has 0 radical (unpaired) electrons. The molecule has 3 aromatic rings. The highest BCUT2D eigenvalue weighted by molar-refractivity contribution is 14.1. The fraction of sp³-hybridized carbons (Fsp3) is 0.0769. The van der Waals surface area contributed by atoms with Crippen molar-refractivity contribution in [1.82, 2.24) is 15.2 Å². The largest absolute Gasteiger partial charge is 0.275 e. The lowest BCUT2D eigenvalue weighted by Crippen LogP contribution is -1.94. The van der Waals surface area contributed by atoms with Crippen LogP contribution in [-0.2, 0) is 6.42 Å². The second kappa shape index (κ2) is 4.84. The van der Waals surface area contributed by atoms with Crippen molar-refractivity contribution in [2.75, 3.05) is 0 Å². The number of aromatic nitrogens is 3. The van der Waals surface area contributed by atoms with Crippen LogP contribution in [0, 0.1) is 15.3 Å². The average molecular weight is 371 g/mol. The van der Waals surface area contributed by atoms with Crippen LogP contribution in [0.3, 0.4) is 0 Å². The highest BCUT2D eigenvalue weighted by Gasteiger charge is 2.07. The maximum atomic E-state index is 13.1. The third-order valence-electron chi connectivity index (χ3n) is 2.76. The van der Waals surface area contributed by atoms with Crippen molar-refractivity contribution in [3.63, 3.8) is 0 Å². The quantitative estimate of drug-likeness (QED) is 0.702. The van der Waals surface area contributed by atoms with Gasteiger partial charge in [-0.25, -0.2) is 8.78 Å². The number of halogens is 3. The maximum absolute atomic E-state index is 13.1. The summed E-state index contributed by atoms with van der Waals surface area (Å²) < 4.78 is 27.1. The van der Waals surface area contributed by atoms with Gasteiger partial charge in [0.2, 0.25) is 0 Å². The molecule has 0 fully saturated rings. The van der Waals surface area contributed by atoms with E-state index in [0.29, 0.717) is 12.0 Å². The number of rotatable bonds is 2. The Kier molecular flexibility index (Phi) is 3.17. The molecule has 0 bridgehead atoms. The van der Waals surface area contributed by atoms with Crippen LogP contribution in [0.1, 0.15) is 11.3 Å². The lowest BCUT2D eigenvalue weighted by molar-refractivity contribution is 0.580. The monoisotopic (exact) mass is 371 g/mol. The van der Waals surface area contributed by atoms with Crippen molar-refractivity contribution in [2.45, 2.75) is 6.42 Å². The fourth-order valence-corrected chi connectivity index (χ4v) is 2.51. The van der Waals surface area contributed by atoms with Gasteiger partial charge in [0, 0.05) is 23.6 Å². The van der Waals surface area contributed by atoms with Crippen LogP contribution < -0.4 is 0 Å². The first kappa shape index (κ1) is 12.5. The van der Waals surface area contributed by atoms with Gasteiger partial charge in [-0.3, -0.25) is 10.1 Å². The van der Waals surface area contributed by atoms with Crippen LogP contribution >= 0.6 is 22.6 Å². The van der Waals surface area contributed by atoms with Crippen LogP contribution in [0.2, 0.25) is 0 Å². The number of hydrogen-bond donors (Lipinski definition) is 1. The minimum absolute atomic E-state index is 0.381. The van der Waals surface area contributed by atoms with Crippen LogP contribution in [0.5, 0.6) is 0 Å². The highest BCUT2D eigenvalue weighted by Crippen LogP contribution is 2.19. The van der Waals surface area contributed by atoms with Gasteiger partial charge in [0.05, 0.1) is 11.7 Å². The third-order valence-corrected chi connectivity index (χ3v) is 3.59. The molecule has 1 N–H and O–H groups in total. The predicted molar refractivity (Wildman–Crippen MR) is 75.8 cm³/mol. The van der Waals surface area contributed by atoms with Gasteiger partial charge in [0.1, 0.15) is 15.3 Å². The van der Waals surface area contributed by atoms with E-state index < -0.39 is 11.6 Å². The molecule has 1 aromatic carbocycles. The first-order valence-electron chi connectivity index (χ1n) is 5.55. The fourth-order valence-electron chi connectivity index (χ4n) is 1.95. The summed E-state index contributed by atoms with van der Waals surface area (Å²) >= 11 is 2.12. The van der Waals surface area contributed by atoms with Gasteiger partial charge in [0.25, 0.3) is 0 Å². The molecule has 2 heterocycles. The Morgan fingerprint density at radius 1 is 1.11 bits per heavy atom. The SMILES string of the molecule is Fc1cc(F)cc(Cc2cc3c(I)n[nH]c3cn2)c1. The number of nitrogens with zero attached hydrogens (tertiary/aromatic N) is 2. The Labute approximate surface area is 121 Å². The van der Waals surface area contributed by atoms with Gasteiger partial charge in [-0.2, -0.15) is 5.10 Å². The number of hydrogen-bond acceptors (Lipinski definition) is 2. The Morgan fingerprint density at radius 2 is 1.84 bits per heavy atom. The van der Waals surface area contributed by atoms with Crippen molar-refractivity contribution in [3.8, 4) is 0 Å². The van der Waals surface area contributed by atoms with Crippen molar-refractivity contribution < 1.29 is 8.78 Å². The molecule has 2 aromatic heterocycles. The zero-order chi connectivity index (χ0) is 13.4. The minimum Gasteiger partial charge on any atom is -0.275 e. The number of fused-ring (bicyclic) bond motifs is 1.